The van der Waals surface area contributed by atoms with Crippen molar-refractivity contribution in [1.29, 1.82) is 0 Å². The minimum absolute atomic E-state index is 0.00640. The molecule has 3 aliphatic rings. The van der Waals surface area contributed by atoms with Gasteiger partial charge in [0.1, 0.15) is 5.75 Å². The summed E-state index contributed by atoms with van der Waals surface area (Å²) in [5.41, 5.74) is 3.15. The highest BCUT2D eigenvalue weighted by molar-refractivity contribution is 7.89. The average molecular weight is 603 g/mol. The van der Waals surface area contributed by atoms with Crippen LogP contribution in [-0.4, -0.2) is 55.7 Å². The van der Waals surface area contributed by atoms with Crippen LogP contribution in [0, 0.1) is 17.8 Å². The van der Waals surface area contributed by atoms with Crippen molar-refractivity contribution in [2.45, 2.75) is 62.7 Å². The Balaban J connectivity index is 1.42. The lowest BCUT2D eigenvalue weighted by atomic mass is 9.68. The summed E-state index contributed by atoms with van der Waals surface area (Å²) in [7, 11) is -3.67. The van der Waals surface area contributed by atoms with Gasteiger partial charge in [0.05, 0.1) is 29.2 Å². The van der Waals surface area contributed by atoms with Crippen molar-refractivity contribution >= 4 is 33.3 Å². The molecule has 1 saturated carbocycles. The molecule has 1 spiro atoms. The van der Waals surface area contributed by atoms with Crippen LogP contribution in [0.25, 0.3) is 0 Å². The first kappa shape index (κ1) is 29.9. The largest absolute Gasteiger partial charge is 0.490 e. The lowest BCUT2D eigenvalue weighted by Crippen LogP contribution is -2.49. The third-order valence-corrected chi connectivity index (χ3v) is 11.2. The fourth-order valence-electron chi connectivity index (χ4n) is 6.69. The number of allylic oxidation sites excluding steroid dienone is 1. The minimum Gasteiger partial charge on any atom is -0.490 e. The van der Waals surface area contributed by atoms with Crippen molar-refractivity contribution in [2.75, 3.05) is 24.6 Å². The molecule has 1 heterocycles. The molecule has 4 N–H and O–H groups in total. The maximum absolute atomic E-state index is 11.9. The molecule has 0 radical (unpaired) electrons. The molecular formula is C31H39ClN2O6S. The van der Waals surface area contributed by atoms with E-state index in [-0.39, 0.29) is 28.7 Å². The number of sulfonamides is 1. The number of benzene rings is 2. The fourth-order valence-corrected chi connectivity index (χ4v) is 7.57. The van der Waals surface area contributed by atoms with Gasteiger partial charge < -0.3 is 19.8 Å². The van der Waals surface area contributed by atoms with Crippen LogP contribution < -0.4 is 14.8 Å². The van der Waals surface area contributed by atoms with Gasteiger partial charge >= 0.3 is 5.97 Å². The van der Waals surface area contributed by atoms with E-state index in [1.165, 1.54) is 11.1 Å². The smallest absolute Gasteiger partial charge is 0.335 e. The van der Waals surface area contributed by atoms with E-state index >= 15 is 0 Å². The number of ether oxygens (including phenoxy) is 1. The van der Waals surface area contributed by atoms with E-state index in [0.29, 0.717) is 30.5 Å². The maximum Gasteiger partial charge on any atom is 0.335 e. The molecule has 10 heteroatoms. The zero-order valence-electron chi connectivity index (χ0n) is 23.5. The second-order valence-electron chi connectivity index (χ2n) is 12.1. The van der Waals surface area contributed by atoms with Gasteiger partial charge in [-0.2, -0.15) is 0 Å². The summed E-state index contributed by atoms with van der Waals surface area (Å²) in [6, 6.07) is 11.1. The van der Waals surface area contributed by atoms with Gasteiger partial charge in [-0.3, -0.25) is 0 Å². The van der Waals surface area contributed by atoms with Crippen LogP contribution in [0.4, 0.5) is 5.69 Å². The first-order chi connectivity index (χ1) is 19.4. The van der Waals surface area contributed by atoms with Gasteiger partial charge in [-0.05, 0) is 98.2 Å². The van der Waals surface area contributed by atoms with E-state index in [0.717, 1.165) is 37.8 Å². The van der Waals surface area contributed by atoms with Crippen LogP contribution in [0.3, 0.4) is 0 Å². The normalized spacial score (nSPS) is 26.3. The molecule has 222 valence electrons. The number of aliphatic hydroxyl groups is 1. The van der Waals surface area contributed by atoms with Gasteiger partial charge in [0.2, 0.25) is 10.0 Å². The average Bonchev–Trinajstić information content (AvgIpc) is 3.05. The molecule has 1 fully saturated rings. The number of anilines is 1. The van der Waals surface area contributed by atoms with E-state index in [9.17, 15) is 23.4 Å². The van der Waals surface area contributed by atoms with Crippen molar-refractivity contribution in [3.8, 4) is 5.75 Å². The molecule has 0 amide bonds. The zero-order chi connectivity index (χ0) is 29.5. The van der Waals surface area contributed by atoms with E-state index in [4.69, 9.17) is 21.5 Å². The number of nitrogens with two attached hydrogens (primary N) is 1. The first-order valence-corrected chi connectivity index (χ1v) is 16.3. The van der Waals surface area contributed by atoms with E-state index < -0.39 is 27.3 Å². The van der Waals surface area contributed by atoms with Gasteiger partial charge in [-0.25, -0.2) is 18.4 Å². The Morgan fingerprint density at radius 3 is 2.68 bits per heavy atom. The fraction of sp³-hybridized carbons (Fsp3) is 0.516. The Morgan fingerprint density at radius 1 is 1.22 bits per heavy atom. The van der Waals surface area contributed by atoms with Crippen molar-refractivity contribution in [1.82, 2.24) is 0 Å². The molecule has 2 aliphatic carbocycles. The van der Waals surface area contributed by atoms with Gasteiger partial charge in [0.25, 0.3) is 0 Å². The Kier molecular flexibility index (Phi) is 8.45. The predicted molar refractivity (Wildman–Crippen MR) is 160 cm³/mol. The molecule has 41 heavy (non-hydrogen) atoms. The molecule has 0 unspecified atom stereocenters. The second kappa shape index (κ2) is 11.6. The predicted octanol–water partition coefficient (Wildman–Crippen LogP) is 4.77. The van der Waals surface area contributed by atoms with Crippen LogP contribution >= 0.6 is 11.6 Å². The minimum atomic E-state index is -3.67. The third-order valence-electron chi connectivity index (χ3n) is 9.52. The number of aromatic carboxylic acids is 1. The van der Waals surface area contributed by atoms with Gasteiger partial charge in [0, 0.05) is 23.5 Å². The summed E-state index contributed by atoms with van der Waals surface area (Å²) < 4.78 is 29.9. The summed E-state index contributed by atoms with van der Waals surface area (Å²) in [6.07, 6.45) is 7.42. The van der Waals surface area contributed by atoms with E-state index in [1.807, 2.05) is 12.1 Å². The van der Waals surface area contributed by atoms with Gasteiger partial charge in [0.15, 0.2) is 0 Å². The number of carbonyl (C=O) groups is 1. The second-order valence-corrected chi connectivity index (χ2v) is 14.5. The Bertz CT molecular complexity index is 1450. The molecule has 6 atom stereocenters. The number of carboxylic acids is 1. The van der Waals surface area contributed by atoms with Crippen molar-refractivity contribution in [3.63, 3.8) is 0 Å². The number of nitrogens with zero attached hydrogens (tertiary/aromatic N) is 1. The molecule has 1 aliphatic heterocycles. The summed E-state index contributed by atoms with van der Waals surface area (Å²) in [6.45, 7) is 5.13. The first-order valence-electron chi connectivity index (χ1n) is 14.3. The molecule has 2 aromatic rings. The van der Waals surface area contributed by atoms with Crippen LogP contribution in [0.15, 0.2) is 48.6 Å². The number of carboxylic acid groups (broad SMARTS) is 1. The highest BCUT2D eigenvalue weighted by Gasteiger charge is 2.44. The number of halogens is 1. The van der Waals surface area contributed by atoms with Crippen LogP contribution in [0.2, 0.25) is 5.02 Å². The van der Waals surface area contributed by atoms with Crippen molar-refractivity contribution in [3.05, 3.63) is 70.3 Å². The number of primary sulfonamides is 1. The molecular weight excluding hydrogens is 564 g/mol. The number of aliphatic hydroxyl groups excluding tert-OH is 1. The number of hydrogen-bond donors (Lipinski definition) is 3. The number of aryl methyl sites for hydroxylation is 1. The molecule has 8 nitrogen and oxygen atoms in total. The van der Waals surface area contributed by atoms with Crippen molar-refractivity contribution < 1.29 is 28.2 Å². The quantitative estimate of drug-likeness (QED) is 0.371. The molecule has 5 rings (SSSR count). The summed E-state index contributed by atoms with van der Waals surface area (Å²) in [5.74, 6) is -0.483. The molecule has 0 aromatic heterocycles. The van der Waals surface area contributed by atoms with Crippen LogP contribution in [-0.2, 0) is 21.9 Å². The van der Waals surface area contributed by atoms with Crippen LogP contribution in [0.5, 0.6) is 5.75 Å². The Morgan fingerprint density at radius 2 is 2.00 bits per heavy atom. The summed E-state index contributed by atoms with van der Waals surface area (Å²) in [5, 5.41) is 26.1. The van der Waals surface area contributed by atoms with Crippen LogP contribution in [0.1, 0.15) is 61.0 Å². The summed E-state index contributed by atoms with van der Waals surface area (Å²) >= 11 is 6.35. The van der Waals surface area contributed by atoms with Crippen molar-refractivity contribution in [2.24, 2.45) is 22.9 Å². The number of hydrogen-bond acceptors (Lipinski definition) is 6. The lowest BCUT2D eigenvalue weighted by Gasteiger charge is -2.45. The Hall–Kier alpha value is -2.59. The lowest BCUT2D eigenvalue weighted by molar-refractivity contribution is 0.0454. The topological polar surface area (TPSA) is 130 Å². The molecule has 0 saturated heterocycles. The zero-order valence-corrected chi connectivity index (χ0v) is 25.1. The van der Waals surface area contributed by atoms with Gasteiger partial charge in [-0.1, -0.05) is 36.7 Å². The molecule has 2 aromatic carbocycles. The Labute approximate surface area is 247 Å². The highest BCUT2D eigenvalue weighted by Crippen LogP contribution is 2.46. The highest BCUT2D eigenvalue weighted by atomic mass is 35.5. The number of fused-ring (bicyclic) bond motifs is 3. The van der Waals surface area contributed by atoms with Gasteiger partial charge in [-0.15, -0.1) is 0 Å². The summed E-state index contributed by atoms with van der Waals surface area (Å²) in [4.78, 5) is 14.1. The van der Waals surface area contributed by atoms with E-state index in [2.05, 4.69) is 11.0 Å². The SMILES string of the molecule is C[C@H]([C@@H](C)/C=C/[C@H](O)[C@@H]1CC[C@H]1CN1C[C@@]2(CCCc3cc(Cl)ccc32)COc2ccc(C(=O)O)cc21)S(N)(=O)=O. The standard InChI is InChI=1S/C31H39ClN2O6S/c1-19(20(2)41(33,38)39)5-11-28(35)25-9-6-23(25)16-34-17-31(13-3-4-21-14-24(32)8-10-26(21)31)18-40-29-12-7-22(30(36)37)15-27(29)34/h5,7-8,10-12,14-15,19-20,23,25,28,35H,3-4,6,9,13,16-18H2,1-2H3,(H,36,37)(H2,33,38,39)/b11-5+/t19-,20+,23-,25+,28-,31-/m0/s1. The number of rotatable bonds is 8. The molecule has 0 bridgehead atoms. The van der Waals surface area contributed by atoms with E-state index in [1.54, 1.807) is 44.2 Å². The third kappa shape index (κ3) is 6.14. The monoisotopic (exact) mass is 602 g/mol. The maximum atomic E-state index is 11.9.